The molecule has 0 radical (unpaired) electrons. The Morgan fingerprint density at radius 3 is 2.69 bits per heavy atom. The monoisotopic (exact) mass is 487 g/mol. The predicted molar refractivity (Wildman–Crippen MR) is 135 cm³/mol. The van der Waals surface area contributed by atoms with Crippen molar-refractivity contribution < 1.29 is 14.4 Å². The molecule has 2 aromatic carbocycles. The number of hydrogen-bond donors (Lipinski definition) is 1. The van der Waals surface area contributed by atoms with Crippen molar-refractivity contribution in [2.45, 2.75) is 18.9 Å². The molecule has 0 saturated carbocycles. The molecule has 1 atom stereocenters. The third-order valence-electron chi connectivity index (χ3n) is 7.07. The van der Waals surface area contributed by atoms with Gasteiger partial charge in [-0.25, -0.2) is 4.98 Å². The molecule has 9 heteroatoms. The van der Waals surface area contributed by atoms with Crippen LogP contribution in [0.4, 0.5) is 11.4 Å². The van der Waals surface area contributed by atoms with Crippen LogP contribution < -0.4 is 10.2 Å². The maximum absolute atomic E-state index is 13.0. The van der Waals surface area contributed by atoms with Crippen molar-refractivity contribution in [1.82, 2.24) is 14.8 Å². The fourth-order valence-electron chi connectivity index (χ4n) is 5.27. The van der Waals surface area contributed by atoms with E-state index in [0.717, 1.165) is 41.2 Å². The number of fused-ring (bicyclic) bond motifs is 1. The minimum absolute atomic E-state index is 0.00890. The van der Waals surface area contributed by atoms with Crippen molar-refractivity contribution in [1.29, 1.82) is 0 Å². The van der Waals surface area contributed by atoms with E-state index in [1.807, 2.05) is 57.6 Å². The summed E-state index contributed by atoms with van der Waals surface area (Å²) in [7, 11) is 0. The largest absolute Gasteiger partial charge is 0.334 e. The molecule has 3 aliphatic heterocycles. The number of piperazine rings is 1. The van der Waals surface area contributed by atoms with Crippen molar-refractivity contribution in [3.05, 3.63) is 64.6 Å². The molecule has 3 amide bonds. The zero-order chi connectivity index (χ0) is 23.9. The first-order valence-corrected chi connectivity index (χ1v) is 12.7. The number of nitrogens with one attached hydrogen (secondary N) is 1. The number of rotatable bonds is 4. The van der Waals surface area contributed by atoms with E-state index < -0.39 is 0 Å². The predicted octanol–water partition coefficient (Wildman–Crippen LogP) is 2.87. The van der Waals surface area contributed by atoms with Crippen molar-refractivity contribution in [3.63, 3.8) is 0 Å². The van der Waals surface area contributed by atoms with Gasteiger partial charge in [0.05, 0.1) is 12.1 Å². The molecule has 0 spiro atoms. The van der Waals surface area contributed by atoms with Gasteiger partial charge in [0.2, 0.25) is 11.8 Å². The Hall–Kier alpha value is -3.56. The van der Waals surface area contributed by atoms with E-state index in [9.17, 15) is 14.4 Å². The number of amides is 3. The van der Waals surface area contributed by atoms with Gasteiger partial charge in [0.25, 0.3) is 5.91 Å². The van der Waals surface area contributed by atoms with Crippen molar-refractivity contribution in [2.75, 3.05) is 42.9 Å². The molecule has 0 aliphatic carbocycles. The Kier molecular flexibility index (Phi) is 5.58. The second-order valence-electron chi connectivity index (χ2n) is 9.14. The van der Waals surface area contributed by atoms with Crippen LogP contribution in [0.5, 0.6) is 0 Å². The van der Waals surface area contributed by atoms with Gasteiger partial charge in [0.1, 0.15) is 0 Å². The van der Waals surface area contributed by atoms with E-state index in [4.69, 9.17) is 0 Å². The summed E-state index contributed by atoms with van der Waals surface area (Å²) >= 11 is 1.37. The normalized spacial score (nSPS) is 20.3. The lowest BCUT2D eigenvalue weighted by Crippen LogP contribution is -2.52. The number of benzene rings is 2. The Labute approximate surface area is 207 Å². The zero-order valence-electron chi connectivity index (χ0n) is 19.1. The van der Waals surface area contributed by atoms with E-state index in [2.05, 4.69) is 15.2 Å². The van der Waals surface area contributed by atoms with Crippen LogP contribution in [0.2, 0.25) is 0 Å². The Morgan fingerprint density at radius 2 is 1.89 bits per heavy atom. The van der Waals surface area contributed by atoms with Gasteiger partial charge >= 0.3 is 0 Å². The van der Waals surface area contributed by atoms with Crippen LogP contribution >= 0.6 is 11.3 Å². The number of thiazole rings is 1. The Morgan fingerprint density at radius 1 is 1.06 bits per heavy atom. The van der Waals surface area contributed by atoms with Crippen LogP contribution in [0, 0.1) is 0 Å². The molecular formula is C26H25N5O3S. The number of anilines is 2. The second kappa shape index (κ2) is 8.90. The highest BCUT2D eigenvalue weighted by atomic mass is 32.1. The first-order chi connectivity index (χ1) is 17.1. The lowest BCUT2D eigenvalue weighted by molar-refractivity contribution is -0.117. The molecule has 8 nitrogen and oxygen atoms in total. The Balaban J connectivity index is 1.15. The summed E-state index contributed by atoms with van der Waals surface area (Å²) in [5, 5.41) is 5.32. The minimum atomic E-state index is -0.0100. The molecule has 1 aromatic heterocycles. The summed E-state index contributed by atoms with van der Waals surface area (Å²) in [5.74, 6) is 0.110. The summed E-state index contributed by atoms with van der Waals surface area (Å²) in [6, 6.07) is 14.1. The average molecular weight is 488 g/mol. The topological polar surface area (TPSA) is 85.9 Å². The van der Waals surface area contributed by atoms with Crippen molar-refractivity contribution in [2.24, 2.45) is 0 Å². The van der Waals surface area contributed by atoms with Crippen molar-refractivity contribution >= 4 is 40.4 Å². The number of hydrogen-bond acceptors (Lipinski definition) is 6. The van der Waals surface area contributed by atoms with Gasteiger partial charge in [-0.05, 0) is 23.3 Å². The fourth-order valence-corrected chi connectivity index (χ4v) is 5.87. The van der Waals surface area contributed by atoms with Gasteiger partial charge in [0, 0.05) is 68.0 Å². The quantitative estimate of drug-likeness (QED) is 0.612. The van der Waals surface area contributed by atoms with Crippen LogP contribution in [0.3, 0.4) is 0 Å². The summed E-state index contributed by atoms with van der Waals surface area (Å²) in [6.45, 7) is 3.41. The SMILES string of the molecule is O=C1Cc2cccc(-c3cccc(N4CC(N5CCN(C(=O)c6nccs6)CC5)CC4=O)c3)c2N1. The van der Waals surface area contributed by atoms with Crippen molar-refractivity contribution in [3.8, 4) is 11.1 Å². The van der Waals surface area contributed by atoms with Crippen LogP contribution in [-0.4, -0.2) is 71.3 Å². The summed E-state index contributed by atoms with van der Waals surface area (Å²) in [4.78, 5) is 47.7. The van der Waals surface area contributed by atoms with Gasteiger partial charge in [-0.15, -0.1) is 11.3 Å². The molecule has 2 fully saturated rings. The first kappa shape index (κ1) is 21.9. The maximum Gasteiger partial charge on any atom is 0.282 e. The highest BCUT2D eigenvalue weighted by Crippen LogP contribution is 2.37. The van der Waals surface area contributed by atoms with Crippen LogP contribution in [0.1, 0.15) is 21.8 Å². The molecule has 6 rings (SSSR count). The molecule has 3 aliphatic rings. The highest BCUT2D eigenvalue weighted by molar-refractivity contribution is 7.11. The minimum Gasteiger partial charge on any atom is -0.334 e. The molecule has 0 bridgehead atoms. The molecule has 1 unspecified atom stereocenters. The molecule has 3 aromatic rings. The Bertz CT molecular complexity index is 1300. The smallest absolute Gasteiger partial charge is 0.282 e. The van der Waals surface area contributed by atoms with Crippen LogP contribution in [-0.2, 0) is 16.0 Å². The van der Waals surface area contributed by atoms with Crippen LogP contribution in [0.15, 0.2) is 54.0 Å². The number of carbonyl (C=O) groups is 3. The van der Waals surface area contributed by atoms with Gasteiger partial charge in [0.15, 0.2) is 5.01 Å². The number of para-hydroxylation sites is 1. The van der Waals surface area contributed by atoms with Gasteiger partial charge in [-0.1, -0.05) is 30.3 Å². The zero-order valence-corrected chi connectivity index (χ0v) is 20.0. The van der Waals surface area contributed by atoms with E-state index in [-0.39, 0.29) is 23.8 Å². The number of aromatic nitrogens is 1. The summed E-state index contributed by atoms with van der Waals surface area (Å²) in [5.41, 5.74) is 4.69. The molecule has 4 heterocycles. The van der Waals surface area contributed by atoms with E-state index in [0.29, 0.717) is 37.5 Å². The molecular weight excluding hydrogens is 462 g/mol. The summed E-state index contributed by atoms with van der Waals surface area (Å²) in [6.07, 6.45) is 2.53. The third-order valence-corrected chi connectivity index (χ3v) is 7.83. The van der Waals surface area contributed by atoms with E-state index >= 15 is 0 Å². The van der Waals surface area contributed by atoms with Gasteiger partial charge in [-0.3, -0.25) is 19.3 Å². The molecule has 35 heavy (non-hydrogen) atoms. The lowest BCUT2D eigenvalue weighted by atomic mass is 10.00. The average Bonchev–Trinajstić information content (AvgIpc) is 3.63. The van der Waals surface area contributed by atoms with Gasteiger partial charge in [-0.2, -0.15) is 0 Å². The molecule has 178 valence electrons. The van der Waals surface area contributed by atoms with Crippen LogP contribution in [0.25, 0.3) is 11.1 Å². The highest BCUT2D eigenvalue weighted by Gasteiger charge is 2.36. The maximum atomic E-state index is 13.0. The van der Waals surface area contributed by atoms with E-state index in [1.54, 1.807) is 6.20 Å². The fraction of sp³-hybridized carbons (Fsp3) is 0.308. The first-order valence-electron chi connectivity index (χ1n) is 11.8. The molecule has 2 saturated heterocycles. The number of nitrogens with zero attached hydrogens (tertiary/aromatic N) is 4. The standard InChI is InChI=1S/C26H25N5O3S/c32-22-14-18-4-2-6-21(24(18)28-22)17-3-1-5-19(13-17)31-16-20(15-23(31)33)29-8-10-30(11-9-29)26(34)25-27-7-12-35-25/h1-7,12-13,20H,8-11,14-16H2,(H,28,32). The third kappa shape index (κ3) is 4.11. The molecule has 1 N–H and O–H groups in total. The number of carbonyl (C=O) groups excluding carboxylic acids is 3. The second-order valence-corrected chi connectivity index (χ2v) is 10.0. The lowest BCUT2D eigenvalue weighted by Gasteiger charge is -2.37. The van der Waals surface area contributed by atoms with E-state index in [1.165, 1.54) is 11.3 Å². The van der Waals surface area contributed by atoms with Gasteiger partial charge < -0.3 is 15.1 Å². The summed E-state index contributed by atoms with van der Waals surface area (Å²) < 4.78 is 0.